The van der Waals surface area contributed by atoms with Crippen LogP contribution in [0.15, 0.2) is 24.3 Å². The van der Waals surface area contributed by atoms with E-state index in [-0.39, 0.29) is 18.3 Å². The number of likely N-dealkylation sites (tertiary alicyclic amines) is 1. The number of carboxylic acid groups (broad SMARTS) is 1. The molecule has 1 aliphatic rings. The number of nitrogens with one attached hydrogen (secondary N) is 1. The summed E-state index contributed by atoms with van der Waals surface area (Å²) in [6.07, 6.45) is 4.68. The molecule has 0 radical (unpaired) electrons. The maximum Gasteiger partial charge on any atom is 0.300 e. The van der Waals surface area contributed by atoms with Crippen molar-refractivity contribution in [2.75, 3.05) is 32.8 Å². The molecule has 3 N–H and O–H groups in total. The number of aliphatic hydroxyl groups excluding tert-OH is 1. The minimum Gasteiger partial charge on any atom is -0.494 e. The van der Waals surface area contributed by atoms with Crippen LogP contribution in [0.5, 0.6) is 5.75 Å². The first kappa shape index (κ1) is 25.2. The number of ether oxygens (including phenoxy) is 1. The predicted molar refractivity (Wildman–Crippen MR) is 106 cm³/mol. The molecule has 0 bridgehead atoms. The van der Waals surface area contributed by atoms with E-state index in [2.05, 4.69) is 22.3 Å². The van der Waals surface area contributed by atoms with Gasteiger partial charge in [0.2, 0.25) is 5.91 Å². The number of carbonyl (C=O) groups is 2. The standard InChI is InChI=1S/C17H26N2O3.C2H4O2.ClH/c20-14-17(21)18-8-5-11-22-16-7-4-6-15(12-16)13-19-9-2-1-3-10-19;1-2(3)4;/h4,6-7,12,20H,1-3,5,8-11,13-14H2,(H,18,21);1H3,(H,3,4);1H. The third kappa shape index (κ3) is 13.1. The molecule has 1 aromatic rings. The summed E-state index contributed by atoms with van der Waals surface area (Å²) in [5, 5.41) is 18.6. The van der Waals surface area contributed by atoms with Gasteiger partial charge in [0.25, 0.3) is 5.97 Å². The van der Waals surface area contributed by atoms with Gasteiger partial charge in [-0.05, 0) is 50.0 Å². The Balaban J connectivity index is 0.00000123. The molecule has 8 heteroatoms. The van der Waals surface area contributed by atoms with Crippen molar-refractivity contribution in [3.63, 3.8) is 0 Å². The summed E-state index contributed by atoms with van der Waals surface area (Å²) in [7, 11) is 0. The number of carboxylic acids is 1. The van der Waals surface area contributed by atoms with Crippen LogP contribution in [0.3, 0.4) is 0 Å². The average molecular weight is 403 g/mol. The number of hydrogen-bond donors (Lipinski definition) is 3. The molecule has 1 aliphatic heterocycles. The number of aliphatic hydroxyl groups is 1. The molecule has 1 amide bonds. The second kappa shape index (κ2) is 15.2. The van der Waals surface area contributed by atoms with Crippen LogP contribution in [0.4, 0.5) is 0 Å². The van der Waals surface area contributed by atoms with Gasteiger partial charge in [-0.25, -0.2) is 0 Å². The molecular weight excluding hydrogens is 372 g/mol. The number of aliphatic carboxylic acids is 1. The van der Waals surface area contributed by atoms with Crippen molar-refractivity contribution in [1.29, 1.82) is 0 Å². The minimum absolute atomic E-state index is 0. The van der Waals surface area contributed by atoms with Gasteiger partial charge in [0.05, 0.1) is 6.61 Å². The van der Waals surface area contributed by atoms with E-state index < -0.39 is 12.6 Å². The molecule has 1 aromatic carbocycles. The van der Waals surface area contributed by atoms with E-state index in [1.54, 1.807) is 0 Å². The van der Waals surface area contributed by atoms with Gasteiger partial charge in [0.15, 0.2) is 0 Å². The van der Waals surface area contributed by atoms with Crippen molar-refractivity contribution >= 4 is 24.3 Å². The topological polar surface area (TPSA) is 99.1 Å². The Morgan fingerprint density at radius 1 is 1.22 bits per heavy atom. The molecular formula is C19H31ClN2O5. The molecule has 0 saturated carbocycles. The zero-order chi connectivity index (χ0) is 19.2. The smallest absolute Gasteiger partial charge is 0.300 e. The average Bonchev–Trinajstić information content (AvgIpc) is 2.62. The van der Waals surface area contributed by atoms with Gasteiger partial charge in [0.1, 0.15) is 12.4 Å². The highest BCUT2D eigenvalue weighted by atomic mass is 35.5. The Labute approximate surface area is 167 Å². The van der Waals surface area contributed by atoms with E-state index in [0.29, 0.717) is 13.2 Å². The van der Waals surface area contributed by atoms with E-state index in [1.165, 1.54) is 37.9 Å². The van der Waals surface area contributed by atoms with Crippen LogP contribution in [-0.2, 0) is 16.1 Å². The summed E-state index contributed by atoms with van der Waals surface area (Å²) in [4.78, 5) is 22.4. The van der Waals surface area contributed by atoms with Crippen LogP contribution < -0.4 is 10.1 Å². The number of piperidine rings is 1. The fourth-order valence-electron chi connectivity index (χ4n) is 2.66. The van der Waals surface area contributed by atoms with Crippen molar-refractivity contribution in [2.45, 2.75) is 39.2 Å². The molecule has 154 valence electrons. The lowest BCUT2D eigenvalue weighted by Crippen LogP contribution is -2.29. The quantitative estimate of drug-likeness (QED) is 0.575. The molecule has 0 spiro atoms. The fraction of sp³-hybridized carbons (Fsp3) is 0.579. The number of carbonyl (C=O) groups excluding carboxylic acids is 1. The van der Waals surface area contributed by atoms with Gasteiger partial charge < -0.3 is 20.3 Å². The molecule has 1 heterocycles. The van der Waals surface area contributed by atoms with E-state index >= 15 is 0 Å². The van der Waals surface area contributed by atoms with Crippen molar-refractivity contribution in [2.24, 2.45) is 0 Å². The molecule has 0 atom stereocenters. The first-order valence-corrected chi connectivity index (χ1v) is 9.02. The molecule has 0 aliphatic carbocycles. The first-order valence-electron chi connectivity index (χ1n) is 9.02. The number of rotatable bonds is 8. The fourth-order valence-corrected chi connectivity index (χ4v) is 2.66. The highest BCUT2D eigenvalue weighted by Crippen LogP contribution is 2.17. The summed E-state index contributed by atoms with van der Waals surface area (Å²) in [5.41, 5.74) is 1.29. The molecule has 1 saturated heterocycles. The molecule has 7 nitrogen and oxygen atoms in total. The van der Waals surface area contributed by atoms with Crippen molar-refractivity contribution < 1.29 is 24.5 Å². The van der Waals surface area contributed by atoms with Gasteiger partial charge in [-0.15, -0.1) is 12.4 Å². The third-order valence-corrected chi connectivity index (χ3v) is 3.81. The third-order valence-electron chi connectivity index (χ3n) is 3.81. The Morgan fingerprint density at radius 2 is 1.89 bits per heavy atom. The van der Waals surface area contributed by atoms with Crippen molar-refractivity contribution in [3.05, 3.63) is 29.8 Å². The van der Waals surface area contributed by atoms with E-state index in [4.69, 9.17) is 19.7 Å². The maximum absolute atomic E-state index is 10.9. The van der Waals surface area contributed by atoms with Crippen LogP contribution in [0.25, 0.3) is 0 Å². The van der Waals surface area contributed by atoms with Crippen LogP contribution in [0, 0.1) is 0 Å². The lowest BCUT2D eigenvalue weighted by atomic mass is 10.1. The molecule has 1 fully saturated rings. The lowest BCUT2D eigenvalue weighted by molar-refractivity contribution is -0.134. The summed E-state index contributed by atoms with van der Waals surface area (Å²) in [5.74, 6) is -0.300. The normalized spacial score (nSPS) is 13.6. The van der Waals surface area contributed by atoms with Gasteiger partial charge in [-0.1, -0.05) is 18.6 Å². The Kier molecular flexibility index (Phi) is 14.2. The largest absolute Gasteiger partial charge is 0.494 e. The number of hydrogen-bond acceptors (Lipinski definition) is 5. The predicted octanol–water partition coefficient (Wildman–Crippen LogP) is 2.06. The van der Waals surface area contributed by atoms with Crippen LogP contribution in [0.1, 0.15) is 38.2 Å². The summed E-state index contributed by atoms with van der Waals surface area (Å²) >= 11 is 0. The lowest BCUT2D eigenvalue weighted by Gasteiger charge is -2.26. The number of benzene rings is 1. The van der Waals surface area contributed by atoms with Gasteiger partial charge >= 0.3 is 0 Å². The highest BCUT2D eigenvalue weighted by Gasteiger charge is 2.10. The van der Waals surface area contributed by atoms with Gasteiger partial charge in [0, 0.05) is 20.0 Å². The van der Waals surface area contributed by atoms with Crippen LogP contribution in [-0.4, -0.2) is 59.8 Å². The second-order valence-corrected chi connectivity index (χ2v) is 6.21. The van der Waals surface area contributed by atoms with Crippen LogP contribution in [0.2, 0.25) is 0 Å². The second-order valence-electron chi connectivity index (χ2n) is 6.21. The van der Waals surface area contributed by atoms with E-state index in [9.17, 15) is 4.79 Å². The van der Waals surface area contributed by atoms with Crippen molar-refractivity contribution in [1.82, 2.24) is 10.2 Å². The zero-order valence-electron chi connectivity index (χ0n) is 15.9. The molecule has 0 unspecified atom stereocenters. The Hall–Kier alpha value is -1.83. The van der Waals surface area contributed by atoms with E-state index in [0.717, 1.165) is 25.6 Å². The minimum atomic E-state index is -0.833. The SMILES string of the molecule is CC(=O)O.Cl.O=C(CO)NCCCOc1cccc(CN2CCCCC2)c1. The van der Waals surface area contributed by atoms with Gasteiger partial charge in [-0.3, -0.25) is 14.5 Å². The number of nitrogens with zero attached hydrogens (tertiary/aromatic N) is 1. The van der Waals surface area contributed by atoms with Crippen LogP contribution >= 0.6 is 12.4 Å². The van der Waals surface area contributed by atoms with Gasteiger partial charge in [-0.2, -0.15) is 0 Å². The molecule has 0 aromatic heterocycles. The number of amides is 1. The molecule has 27 heavy (non-hydrogen) atoms. The Bertz CT molecular complexity index is 547. The summed E-state index contributed by atoms with van der Waals surface area (Å²) < 4.78 is 5.72. The van der Waals surface area contributed by atoms with Crippen molar-refractivity contribution in [3.8, 4) is 5.75 Å². The Morgan fingerprint density at radius 3 is 2.52 bits per heavy atom. The highest BCUT2D eigenvalue weighted by molar-refractivity contribution is 5.85. The zero-order valence-corrected chi connectivity index (χ0v) is 16.7. The first-order chi connectivity index (χ1) is 12.5. The summed E-state index contributed by atoms with van der Waals surface area (Å²) in [6, 6.07) is 8.23. The van der Waals surface area contributed by atoms with E-state index in [1.807, 2.05) is 12.1 Å². The maximum atomic E-state index is 10.9. The monoisotopic (exact) mass is 402 g/mol. The summed E-state index contributed by atoms with van der Waals surface area (Å²) in [6.45, 7) is 5.07. The molecule has 2 rings (SSSR count). The number of halogens is 1.